The number of carboxylic acid groups (broad SMARTS) is 1. The van der Waals surface area contributed by atoms with Gasteiger partial charge in [-0.25, -0.2) is 9.59 Å². The second kappa shape index (κ2) is 6.77. The van der Waals surface area contributed by atoms with Gasteiger partial charge in [-0.2, -0.15) is 0 Å². The largest absolute Gasteiger partial charge is 0.479 e. The Morgan fingerprint density at radius 1 is 1.14 bits per heavy atom. The molecule has 29 heavy (non-hydrogen) atoms. The number of rotatable bonds is 3. The summed E-state index contributed by atoms with van der Waals surface area (Å²) in [5, 5.41) is 39.0. The zero-order chi connectivity index (χ0) is 21.3. The maximum atomic E-state index is 13.0. The Kier molecular flexibility index (Phi) is 4.85. The van der Waals surface area contributed by atoms with Gasteiger partial charge in [0.05, 0.1) is 0 Å². The highest BCUT2D eigenvalue weighted by Crippen LogP contribution is 2.70. The fourth-order valence-corrected chi connectivity index (χ4v) is 6.56. The highest BCUT2D eigenvalue weighted by atomic mass is 16.7. The van der Waals surface area contributed by atoms with Crippen LogP contribution < -0.4 is 0 Å². The molecule has 0 aromatic rings. The zero-order valence-electron chi connectivity index (χ0n) is 16.9. The van der Waals surface area contributed by atoms with E-state index in [1.54, 1.807) is 0 Å². The van der Waals surface area contributed by atoms with Gasteiger partial charge >= 0.3 is 11.9 Å². The van der Waals surface area contributed by atoms with Crippen molar-refractivity contribution in [3.8, 4) is 0 Å². The first-order chi connectivity index (χ1) is 13.5. The van der Waals surface area contributed by atoms with Gasteiger partial charge in [-0.3, -0.25) is 0 Å². The van der Waals surface area contributed by atoms with Crippen molar-refractivity contribution < 1.29 is 39.5 Å². The smallest absolute Gasteiger partial charge is 0.336 e. The summed E-state index contributed by atoms with van der Waals surface area (Å²) in [5.41, 5.74) is 0.826. The second-order valence-electron chi connectivity index (χ2n) is 10.1. The lowest BCUT2D eigenvalue weighted by molar-refractivity contribution is -0.285. The average Bonchev–Trinajstić information content (AvgIpc) is 3.19. The van der Waals surface area contributed by atoms with Crippen LogP contribution in [0.4, 0.5) is 0 Å². The molecular formula is C21H30O8. The van der Waals surface area contributed by atoms with Gasteiger partial charge in [0.1, 0.15) is 18.3 Å². The van der Waals surface area contributed by atoms with Crippen LogP contribution in [0.3, 0.4) is 0 Å². The normalized spacial score (nSPS) is 48.0. The maximum Gasteiger partial charge on any atom is 0.336 e. The lowest BCUT2D eigenvalue weighted by Gasteiger charge is -2.39. The number of carbonyl (C=O) groups excluding carboxylic acids is 1. The molecule has 6 unspecified atom stereocenters. The Morgan fingerprint density at radius 2 is 1.83 bits per heavy atom. The molecule has 8 nitrogen and oxygen atoms in total. The van der Waals surface area contributed by atoms with Gasteiger partial charge in [-0.15, -0.1) is 0 Å². The fourth-order valence-electron chi connectivity index (χ4n) is 6.56. The summed E-state index contributed by atoms with van der Waals surface area (Å²) < 4.78 is 10.4. The number of esters is 1. The Bertz CT molecular complexity index is 745. The molecule has 4 rings (SSSR count). The van der Waals surface area contributed by atoms with Crippen molar-refractivity contribution in [1.82, 2.24) is 0 Å². The standard InChI is InChI=1S/C21H30O8/c1-9-4-5-12-11(6-10-7-20(2,3)8-21(9,10)12)18(27)29-19-15(24)13(22)14(23)16(28-19)17(25)26/h6,9-10,12-16,19,22-24H,4-5,7-8H2,1-3H3,(H,25,26)/t9-,10-,12+,13?,14?,15?,16?,19?,21?/m1/s1. The molecule has 162 valence electrons. The first kappa shape index (κ1) is 20.8. The van der Waals surface area contributed by atoms with Gasteiger partial charge in [0.2, 0.25) is 6.29 Å². The number of carboxylic acids is 1. The van der Waals surface area contributed by atoms with E-state index in [-0.39, 0.29) is 16.7 Å². The summed E-state index contributed by atoms with van der Waals surface area (Å²) >= 11 is 0. The van der Waals surface area contributed by atoms with Gasteiger partial charge in [0.25, 0.3) is 0 Å². The van der Waals surface area contributed by atoms with E-state index < -0.39 is 42.6 Å². The van der Waals surface area contributed by atoms with E-state index in [0.717, 1.165) is 25.7 Å². The molecule has 0 amide bonds. The average molecular weight is 410 g/mol. The minimum Gasteiger partial charge on any atom is -0.479 e. The first-order valence-corrected chi connectivity index (χ1v) is 10.3. The summed E-state index contributed by atoms with van der Waals surface area (Å²) in [6, 6.07) is 0. The molecule has 1 heterocycles. The molecule has 3 aliphatic carbocycles. The quantitative estimate of drug-likeness (QED) is 0.503. The van der Waals surface area contributed by atoms with Gasteiger partial charge in [-0.05, 0) is 54.3 Å². The zero-order valence-corrected chi connectivity index (χ0v) is 16.9. The third kappa shape index (κ3) is 3.03. The number of aliphatic carboxylic acids is 1. The van der Waals surface area contributed by atoms with Crippen molar-refractivity contribution in [2.24, 2.45) is 28.6 Å². The number of carbonyl (C=O) groups is 2. The SMILES string of the molecule is C[C@@H]1CC[C@H]2C(C(=O)OC3OC(C(=O)O)C(O)C(O)C3O)=C[C@@H]3CC(C)(C)CC132. The van der Waals surface area contributed by atoms with Crippen LogP contribution in [0.1, 0.15) is 46.5 Å². The van der Waals surface area contributed by atoms with Crippen molar-refractivity contribution in [2.75, 3.05) is 0 Å². The topological polar surface area (TPSA) is 134 Å². The Hall–Kier alpha value is -1.48. The molecule has 2 saturated carbocycles. The lowest BCUT2D eigenvalue weighted by Crippen LogP contribution is -2.60. The number of aliphatic hydroxyl groups excluding tert-OH is 3. The van der Waals surface area contributed by atoms with E-state index in [1.165, 1.54) is 0 Å². The molecule has 4 N–H and O–H groups in total. The highest BCUT2D eigenvalue weighted by molar-refractivity contribution is 5.90. The number of hydrogen-bond acceptors (Lipinski definition) is 7. The molecule has 1 aliphatic heterocycles. The van der Waals surface area contributed by atoms with Crippen LogP contribution in [-0.2, 0) is 19.1 Å². The molecule has 3 fully saturated rings. The molecule has 0 aromatic carbocycles. The summed E-state index contributed by atoms with van der Waals surface area (Å²) in [6.45, 7) is 6.78. The van der Waals surface area contributed by atoms with Crippen molar-refractivity contribution in [1.29, 1.82) is 0 Å². The molecule has 9 atom stereocenters. The highest BCUT2D eigenvalue weighted by Gasteiger charge is 2.64. The van der Waals surface area contributed by atoms with Gasteiger partial charge in [0, 0.05) is 5.57 Å². The van der Waals surface area contributed by atoms with Crippen LogP contribution in [0.15, 0.2) is 11.6 Å². The number of aliphatic hydroxyl groups is 3. The fraction of sp³-hybridized carbons (Fsp3) is 0.810. The summed E-state index contributed by atoms with van der Waals surface area (Å²) in [5.74, 6) is -1.30. The van der Waals surface area contributed by atoms with Gasteiger partial charge < -0.3 is 29.9 Å². The van der Waals surface area contributed by atoms with Crippen LogP contribution >= 0.6 is 0 Å². The monoisotopic (exact) mass is 410 g/mol. The van der Waals surface area contributed by atoms with Crippen LogP contribution in [0.2, 0.25) is 0 Å². The summed E-state index contributed by atoms with van der Waals surface area (Å²) in [7, 11) is 0. The van der Waals surface area contributed by atoms with Gasteiger partial charge in [0.15, 0.2) is 6.10 Å². The van der Waals surface area contributed by atoms with E-state index in [4.69, 9.17) is 14.6 Å². The number of allylic oxidation sites excluding steroid dienone is 1. The molecule has 1 saturated heterocycles. The molecular weight excluding hydrogens is 380 g/mol. The van der Waals surface area contributed by atoms with E-state index >= 15 is 0 Å². The van der Waals surface area contributed by atoms with Crippen molar-refractivity contribution in [3.05, 3.63) is 11.6 Å². The summed E-state index contributed by atoms with van der Waals surface area (Å²) in [4.78, 5) is 24.2. The molecule has 0 aromatic heterocycles. The number of ether oxygens (including phenoxy) is 2. The van der Waals surface area contributed by atoms with Crippen molar-refractivity contribution in [3.63, 3.8) is 0 Å². The van der Waals surface area contributed by atoms with Crippen LogP contribution in [0, 0.1) is 28.6 Å². The van der Waals surface area contributed by atoms with Gasteiger partial charge in [-0.1, -0.05) is 26.8 Å². The first-order valence-electron chi connectivity index (χ1n) is 10.3. The van der Waals surface area contributed by atoms with E-state index in [0.29, 0.717) is 17.4 Å². The van der Waals surface area contributed by atoms with E-state index in [2.05, 4.69) is 20.8 Å². The van der Waals surface area contributed by atoms with Crippen LogP contribution in [0.5, 0.6) is 0 Å². The van der Waals surface area contributed by atoms with Crippen LogP contribution in [0.25, 0.3) is 0 Å². The molecule has 1 spiro atoms. The predicted octanol–water partition coefficient (Wildman–Crippen LogP) is 0.830. The van der Waals surface area contributed by atoms with Crippen molar-refractivity contribution in [2.45, 2.75) is 77.2 Å². The van der Waals surface area contributed by atoms with E-state index in [1.807, 2.05) is 6.08 Å². The third-order valence-electron chi connectivity index (χ3n) is 7.73. The molecule has 8 heteroatoms. The third-order valence-corrected chi connectivity index (χ3v) is 7.73. The van der Waals surface area contributed by atoms with E-state index in [9.17, 15) is 24.9 Å². The van der Waals surface area contributed by atoms with Crippen LogP contribution in [-0.4, -0.2) is 63.1 Å². The molecule has 0 bridgehead atoms. The van der Waals surface area contributed by atoms with Crippen molar-refractivity contribution >= 4 is 11.9 Å². The lowest BCUT2D eigenvalue weighted by atomic mass is 9.67. The second-order valence-corrected chi connectivity index (χ2v) is 10.1. The predicted molar refractivity (Wildman–Crippen MR) is 99.3 cm³/mol. The Balaban J connectivity index is 1.54. The minimum atomic E-state index is -1.82. The Morgan fingerprint density at radius 3 is 2.48 bits per heavy atom. The number of hydrogen-bond donors (Lipinski definition) is 4. The summed E-state index contributed by atoms with van der Waals surface area (Å²) in [6.07, 6.45) is -2.82. The molecule has 0 radical (unpaired) electrons. The Labute approximate surface area is 169 Å². The maximum absolute atomic E-state index is 13.0. The minimum absolute atomic E-state index is 0.0448. The molecule has 4 aliphatic rings.